The SMILES string of the molecule is O=C(CSc1ccc(N2CCC[C@@H](C(=O)NC3CC3)C2)nn1)Nc1cccc(F)c1. The maximum absolute atomic E-state index is 13.2. The maximum Gasteiger partial charge on any atom is 0.234 e. The number of hydrogen-bond acceptors (Lipinski definition) is 6. The molecule has 1 saturated heterocycles. The highest BCUT2D eigenvalue weighted by Gasteiger charge is 2.30. The van der Waals surface area contributed by atoms with Crippen molar-refractivity contribution in [2.45, 2.75) is 36.8 Å². The Hall–Kier alpha value is -2.68. The Bertz CT molecular complexity index is 907. The summed E-state index contributed by atoms with van der Waals surface area (Å²) in [6.45, 7) is 1.50. The van der Waals surface area contributed by atoms with E-state index in [0.29, 0.717) is 23.3 Å². The molecular weight excluding hydrogens is 405 g/mol. The van der Waals surface area contributed by atoms with Crippen LogP contribution in [0.2, 0.25) is 0 Å². The molecule has 2 fully saturated rings. The van der Waals surface area contributed by atoms with E-state index in [4.69, 9.17) is 0 Å². The first-order valence-corrected chi connectivity index (χ1v) is 11.1. The number of carbonyl (C=O) groups is 2. The Labute approximate surface area is 178 Å². The highest BCUT2D eigenvalue weighted by atomic mass is 32.2. The summed E-state index contributed by atoms with van der Waals surface area (Å²) in [5.74, 6) is 0.391. The van der Waals surface area contributed by atoms with Gasteiger partial charge in [-0.15, -0.1) is 10.2 Å². The van der Waals surface area contributed by atoms with E-state index in [9.17, 15) is 14.0 Å². The molecule has 2 N–H and O–H groups in total. The van der Waals surface area contributed by atoms with Gasteiger partial charge in [0.1, 0.15) is 10.8 Å². The molecule has 0 bridgehead atoms. The van der Waals surface area contributed by atoms with Gasteiger partial charge in [0.05, 0.1) is 11.7 Å². The number of aromatic nitrogens is 2. The average Bonchev–Trinajstić information content (AvgIpc) is 3.57. The Morgan fingerprint density at radius 3 is 2.77 bits per heavy atom. The van der Waals surface area contributed by atoms with Crippen molar-refractivity contribution in [2.24, 2.45) is 5.92 Å². The first-order valence-electron chi connectivity index (χ1n) is 10.1. The van der Waals surface area contributed by atoms with Crippen molar-refractivity contribution in [1.29, 1.82) is 0 Å². The van der Waals surface area contributed by atoms with Gasteiger partial charge in [-0.1, -0.05) is 17.8 Å². The van der Waals surface area contributed by atoms with Gasteiger partial charge in [0.2, 0.25) is 11.8 Å². The Balaban J connectivity index is 1.27. The summed E-state index contributed by atoms with van der Waals surface area (Å²) in [4.78, 5) is 26.5. The molecule has 2 aromatic rings. The van der Waals surface area contributed by atoms with Crippen LogP contribution in [0.1, 0.15) is 25.7 Å². The van der Waals surface area contributed by atoms with Crippen LogP contribution in [-0.2, 0) is 9.59 Å². The van der Waals surface area contributed by atoms with Crippen molar-refractivity contribution in [1.82, 2.24) is 15.5 Å². The first-order chi connectivity index (χ1) is 14.6. The second-order valence-electron chi connectivity index (χ2n) is 7.64. The number of hydrogen-bond donors (Lipinski definition) is 2. The smallest absolute Gasteiger partial charge is 0.234 e. The molecule has 1 aromatic heterocycles. The van der Waals surface area contributed by atoms with Crippen molar-refractivity contribution in [3.8, 4) is 0 Å². The number of amides is 2. The van der Waals surface area contributed by atoms with Crippen LogP contribution in [0.4, 0.5) is 15.9 Å². The summed E-state index contributed by atoms with van der Waals surface area (Å²) in [7, 11) is 0. The number of thioether (sulfide) groups is 1. The molecule has 2 aliphatic rings. The van der Waals surface area contributed by atoms with Crippen LogP contribution in [-0.4, -0.2) is 46.9 Å². The number of rotatable bonds is 7. The monoisotopic (exact) mass is 429 g/mol. The highest BCUT2D eigenvalue weighted by molar-refractivity contribution is 7.99. The first kappa shape index (κ1) is 20.6. The molecule has 158 valence electrons. The molecule has 0 spiro atoms. The summed E-state index contributed by atoms with van der Waals surface area (Å²) >= 11 is 1.26. The van der Waals surface area contributed by atoms with Gasteiger partial charge >= 0.3 is 0 Å². The van der Waals surface area contributed by atoms with E-state index in [2.05, 4.69) is 25.7 Å². The van der Waals surface area contributed by atoms with Crippen LogP contribution in [0.3, 0.4) is 0 Å². The molecule has 2 amide bonds. The summed E-state index contributed by atoms with van der Waals surface area (Å²) in [6, 6.07) is 9.86. The molecule has 1 atom stereocenters. The predicted octanol–water partition coefficient (Wildman–Crippen LogP) is 2.84. The second kappa shape index (κ2) is 9.42. The average molecular weight is 430 g/mol. The summed E-state index contributed by atoms with van der Waals surface area (Å²) < 4.78 is 13.2. The number of carbonyl (C=O) groups excluding carboxylic acids is 2. The zero-order chi connectivity index (χ0) is 20.9. The third-order valence-corrected chi connectivity index (χ3v) is 6.05. The van der Waals surface area contributed by atoms with Gasteiger partial charge in [-0.2, -0.15) is 0 Å². The van der Waals surface area contributed by atoms with Gasteiger partial charge < -0.3 is 15.5 Å². The summed E-state index contributed by atoms with van der Waals surface area (Å²) in [5, 5.41) is 14.9. The standard InChI is InChI=1S/C21H24FN5O2S/c22-15-4-1-5-17(11-15)23-19(28)13-30-20-9-8-18(25-26-20)27-10-2-3-14(12-27)21(29)24-16-6-7-16/h1,4-5,8-9,11,14,16H,2-3,6-7,10,12-13H2,(H,23,28)(H,24,29)/t14-/m1/s1. The lowest BCUT2D eigenvalue weighted by atomic mass is 9.97. The summed E-state index contributed by atoms with van der Waals surface area (Å²) in [5.41, 5.74) is 0.424. The molecule has 0 unspecified atom stereocenters. The lowest BCUT2D eigenvalue weighted by molar-refractivity contribution is -0.125. The molecule has 2 heterocycles. The quantitative estimate of drug-likeness (QED) is 0.658. The zero-order valence-corrected chi connectivity index (χ0v) is 17.3. The zero-order valence-electron chi connectivity index (χ0n) is 16.5. The minimum atomic E-state index is -0.396. The van der Waals surface area contributed by atoms with Crippen molar-refractivity contribution in [3.63, 3.8) is 0 Å². The van der Waals surface area contributed by atoms with Gasteiger partial charge in [-0.3, -0.25) is 9.59 Å². The molecule has 4 rings (SSSR count). The molecular formula is C21H24FN5O2S. The van der Waals surface area contributed by atoms with Gasteiger partial charge in [-0.05, 0) is 56.0 Å². The van der Waals surface area contributed by atoms with Gasteiger partial charge in [0.15, 0.2) is 5.82 Å². The van der Waals surface area contributed by atoms with Crippen LogP contribution in [0.5, 0.6) is 0 Å². The molecule has 30 heavy (non-hydrogen) atoms. The minimum Gasteiger partial charge on any atom is -0.354 e. The fraction of sp³-hybridized carbons (Fsp3) is 0.429. The van der Waals surface area contributed by atoms with Crippen molar-refractivity contribution < 1.29 is 14.0 Å². The lowest BCUT2D eigenvalue weighted by Crippen LogP contribution is -2.44. The molecule has 7 nitrogen and oxygen atoms in total. The number of anilines is 2. The van der Waals surface area contributed by atoms with E-state index in [1.807, 2.05) is 12.1 Å². The third kappa shape index (κ3) is 5.69. The van der Waals surface area contributed by atoms with Gasteiger partial charge in [0, 0.05) is 24.8 Å². The fourth-order valence-electron chi connectivity index (χ4n) is 3.41. The highest BCUT2D eigenvalue weighted by Crippen LogP contribution is 2.25. The van der Waals surface area contributed by atoms with Crippen molar-refractivity contribution in [3.05, 3.63) is 42.2 Å². The van der Waals surface area contributed by atoms with Crippen LogP contribution in [0.25, 0.3) is 0 Å². The molecule has 9 heteroatoms. The number of halogens is 1. The van der Waals surface area contributed by atoms with E-state index in [1.165, 1.54) is 23.9 Å². The molecule has 0 radical (unpaired) electrons. The van der Waals surface area contributed by atoms with E-state index in [0.717, 1.165) is 38.0 Å². The van der Waals surface area contributed by atoms with Crippen LogP contribution in [0, 0.1) is 11.7 Å². The molecule has 1 aromatic carbocycles. The van der Waals surface area contributed by atoms with Crippen LogP contribution in [0.15, 0.2) is 41.4 Å². The largest absolute Gasteiger partial charge is 0.354 e. The topological polar surface area (TPSA) is 87.2 Å². The Morgan fingerprint density at radius 1 is 1.17 bits per heavy atom. The third-order valence-electron chi connectivity index (χ3n) is 5.13. The molecule has 1 aliphatic carbocycles. The maximum atomic E-state index is 13.2. The van der Waals surface area contributed by atoms with E-state index in [1.54, 1.807) is 12.1 Å². The lowest BCUT2D eigenvalue weighted by Gasteiger charge is -2.32. The second-order valence-corrected chi connectivity index (χ2v) is 8.64. The van der Waals surface area contributed by atoms with E-state index in [-0.39, 0.29) is 23.5 Å². The van der Waals surface area contributed by atoms with Crippen molar-refractivity contribution >= 4 is 35.1 Å². The normalized spacial score (nSPS) is 18.7. The number of nitrogens with zero attached hydrogens (tertiary/aromatic N) is 3. The Kier molecular flexibility index (Phi) is 6.47. The van der Waals surface area contributed by atoms with Gasteiger partial charge in [-0.25, -0.2) is 4.39 Å². The summed E-state index contributed by atoms with van der Waals surface area (Å²) in [6.07, 6.45) is 4.03. The van der Waals surface area contributed by atoms with E-state index < -0.39 is 5.82 Å². The number of piperidine rings is 1. The number of benzene rings is 1. The fourth-order valence-corrected chi connectivity index (χ4v) is 4.02. The number of nitrogens with one attached hydrogen (secondary N) is 2. The van der Waals surface area contributed by atoms with E-state index >= 15 is 0 Å². The minimum absolute atomic E-state index is 0.0123. The Morgan fingerprint density at radius 2 is 2.03 bits per heavy atom. The molecule has 1 aliphatic heterocycles. The molecule has 1 saturated carbocycles. The van der Waals surface area contributed by atoms with Crippen LogP contribution < -0.4 is 15.5 Å². The van der Waals surface area contributed by atoms with Gasteiger partial charge in [0.25, 0.3) is 0 Å². The van der Waals surface area contributed by atoms with Crippen LogP contribution >= 0.6 is 11.8 Å². The predicted molar refractivity (Wildman–Crippen MR) is 114 cm³/mol. The van der Waals surface area contributed by atoms with Crippen molar-refractivity contribution in [2.75, 3.05) is 29.1 Å².